The minimum Gasteiger partial charge on any atom is -0.369 e. The molecule has 0 bridgehead atoms. The standard InChI is InChI=1S/C10H12N2O2/c11-9(13)8(10(12)14)6-7-4-2-1-3-5-7/h1-5,8H,6H2,(H2,11,13)(H2,12,14). The highest BCUT2D eigenvalue weighted by molar-refractivity contribution is 5.99. The normalized spacial score (nSPS) is 10.1. The van der Waals surface area contributed by atoms with E-state index in [1.807, 2.05) is 30.3 Å². The van der Waals surface area contributed by atoms with Gasteiger partial charge < -0.3 is 11.5 Å². The van der Waals surface area contributed by atoms with Crippen LogP contribution in [0.25, 0.3) is 0 Å². The summed E-state index contributed by atoms with van der Waals surface area (Å²) in [7, 11) is 0. The lowest BCUT2D eigenvalue weighted by molar-refractivity contribution is -0.131. The molecule has 0 radical (unpaired) electrons. The van der Waals surface area contributed by atoms with Gasteiger partial charge in [0.1, 0.15) is 5.92 Å². The fraction of sp³-hybridized carbons (Fsp3) is 0.200. The van der Waals surface area contributed by atoms with Crippen molar-refractivity contribution in [2.24, 2.45) is 17.4 Å². The summed E-state index contributed by atoms with van der Waals surface area (Å²) in [6.45, 7) is 0. The van der Waals surface area contributed by atoms with Crippen molar-refractivity contribution in [1.29, 1.82) is 0 Å². The number of hydrogen-bond donors (Lipinski definition) is 2. The predicted octanol–water partition coefficient (Wildman–Crippen LogP) is -0.184. The molecule has 0 atom stereocenters. The van der Waals surface area contributed by atoms with Crippen LogP contribution in [0.15, 0.2) is 30.3 Å². The van der Waals surface area contributed by atoms with Gasteiger partial charge in [0.15, 0.2) is 0 Å². The Labute approximate surface area is 81.9 Å². The van der Waals surface area contributed by atoms with Crippen molar-refractivity contribution in [1.82, 2.24) is 0 Å². The minimum absolute atomic E-state index is 0.269. The molecule has 14 heavy (non-hydrogen) atoms. The average Bonchev–Trinajstić information content (AvgIpc) is 2.15. The van der Waals surface area contributed by atoms with Gasteiger partial charge in [0, 0.05) is 0 Å². The Morgan fingerprint density at radius 3 is 2.00 bits per heavy atom. The number of primary amides is 2. The second-order valence-electron chi connectivity index (χ2n) is 3.05. The number of benzene rings is 1. The summed E-state index contributed by atoms with van der Waals surface area (Å²) >= 11 is 0. The van der Waals surface area contributed by atoms with Crippen molar-refractivity contribution in [2.75, 3.05) is 0 Å². The minimum atomic E-state index is -0.919. The van der Waals surface area contributed by atoms with E-state index < -0.39 is 17.7 Å². The zero-order chi connectivity index (χ0) is 10.6. The molecule has 0 spiro atoms. The van der Waals surface area contributed by atoms with Gasteiger partial charge in [-0.15, -0.1) is 0 Å². The van der Waals surface area contributed by atoms with Gasteiger partial charge in [-0.1, -0.05) is 30.3 Å². The lowest BCUT2D eigenvalue weighted by Crippen LogP contribution is -2.36. The molecule has 0 aromatic heterocycles. The van der Waals surface area contributed by atoms with Gasteiger partial charge in [-0.05, 0) is 12.0 Å². The van der Waals surface area contributed by atoms with Crippen LogP contribution in [0.3, 0.4) is 0 Å². The van der Waals surface area contributed by atoms with E-state index >= 15 is 0 Å². The molecule has 0 unspecified atom stereocenters. The second-order valence-corrected chi connectivity index (χ2v) is 3.05. The van der Waals surface area contributed by atoms with Crippen LogP contribution in [-0.2, 0) is 16.0 Å². The molecular weight excluding hydrogens is 180 g/mol. The maximum absolute atomic E-state index is 10.9. The largest absolute Gasteiger partial charge is 0.369 e. The SMILES string of the molecule is NC(=O)C(Cc1ccccc1)C(N)=O. The predicted molar refractivity (Wildman–Crippen MR) is 52.0 cm³/mol. The number of amides is 2. The molecule has 0 saturated heterocycles. The maximum atomic E-state index is 10.9. The zero-order valence-electron chi connectivity index (χ0n) is 7.64. The Morgan fingerprint density at radius 2 is 1.57 bits per heavy atom. The molecule has 2 amide bonds. The molecule has 4 N–H and O–H groups in total. The van der Waals surface area contributed by atoms with E-state index in [4.69, 9.17) is 11.5 Å². The first kappa shape index (κ1) is 10.2. The van der Waals surface area contributed by atoms with E-state index in [0.29, 0.717) is 0 Å². The second kappa shape index (κ2) is 4.41. The molecule has 0 aliphatic carbocycles. The van der Waals surface area contributed by atoms with E-state index in [2.05, 4.69) is 0 Å². The highest BCUT2D eigenvalue weighted by Crippen LogP contribution is 2.07. The molecule has 0 saturated carbocycles. The number of carbonyl (C=O) groups excluding carboxylic acids is 2. The van der Waals surface area contributed by atoms with Crippen LogP contribution in [0, 0.1) is 5.92 Å². The van der Waals surface area contributed by atoms with Crippen LogP contribution in [0.5, 0.6) is 0 Å². The third kappa shape index (κ3) is 2.58. The van der Waals surface area contributed by atoms with Crippen molar-refractivity contribution in [2.45, 2.75) is 6.42 Å². The first-order valence-electron chi connectivity index (χ1n) is 4.24. The van der Waals surface area contributed by atoms with Crippen molar-refractivity contribution in [3.8, 4) is 0 Å². The summed E-state index contributed by atoms with van der Waals surface area (Å²) in [5, 5.41) is 0. The molecule has 1 aromatic rings. The fourth-order valence-corrected chi connectivity index (χ4v) is 1.19. The van der Waals surface area contributed by atoms with Crippen molar-refractivity contribution in [3.05, 3.63) is 35.9 Å². The molecule has 0 aliphatic heterocycles. The molecule has 0 heterocycles. The van der Waals surface area contributed by atoms with Crippen LogP contribution in [0.2, 0.25) is 0 Å². The molecule has 4 nitrogen and oxygen atoms in total. The van der Waals surface area contributed by atoms with Gasteiger partial charge in [0.05, 0.1) is 0 Å². The average molecular weight is 192 g/mol. The first-order valence-corrected chi connectivity index (χ1v) is 4.24. The third-order valence-electron chi connectivity index (χ3n) is 1.97. The van der Waals surface area contributed by atoms with Gasteiger partial charge in [-0.25, -0.2) is 0 Å². The summed E-state index contributed by atoms with van der Waals surface area (Å²) in [5.41, 5.74) is 11.0. The van der Waals surface area contributed by atoms with Crippen LogP contribution in [0.4, 0.5) is 0 Å². The van der Waals surface area contributed by atoms with E-state index in [0.717, 1.165) is 5.56 Å². The van der Waals surface area contributed by atoms with Gasteiger partial charge in [0.2, 0.25) is 11.8 Å². The number of rotatable bonds is 4. The van der Waals surface area contributed by atoms with Gasteiger partial charge in [-0.3, -0.25) is 9.59 Å². The smallest absolute Gasteiger partial charge is 0.230 e. The van der Waals surface area contributed by atoms with Gasteiger partial charge in [0.25, 0.3) is 0 Å². The maximum Gasteiger partial charge on any atom is 0.230 e. The summed E-state index contributed by atoms with van der Waals surface area (Å²) in [5.74, 6) is -2.28. The molecule has 0 fully saturated rings. The topological polar surface area (TPSA) is 86.2 Å². The highest BCUT2D eigenvalue weighted by atomic mass is 16.2. The van der Waals surface area contributed by atoms with Crippen LogP contribution in [0.1, 0.15) is 5.56 Å². The van der Waals surface area contributed by atoms with Crippen LogP contribution < -0.4 is 11.5 Å². The Bertz CT molecular complexity index is 321. The van der Waals surface area contributed by atoms with E-state index in [-0.39, 0.29) is 6.42 Å². The lowest BCUT2D eigenvalue weighted by atomic mass is 9.98. The highest BCUT2D eigenvalue weighted by Gasteiger charge is 2.21. The third-order valence-corrected chi connectivity index (χ3v) is 1.97. The summed E-state index contributed by atoms with van der Waals surface area (Å²) in [6, 6.07) is 9.15. The molecule has 0 aliphatic rings. The zero-order valence-corrected chi connectivity index (χ0v) is 7.64. The summed E-state index contributed by atoms with van der Waals surface area (Å²) in [4.78, 5) is 21.7. The number of hydrogen-bond acceptors (Lipinski definition) is 2. The quantitative estimate of drug-likeness (QED) is 0.648. The monoisotopic (exact) mass is 192 g/mol. The van der Waals surface area contributed by atoms with Gasteiger partial charge >= 0.3 is 0 Å². The van der Waals surface area contributed by atoms with E-state index in [1.54, 1.807) is 0 Å². The molecule has 4 heteroatoms. The van der Waals surface area contributed by atoms with Crippen LogP contribution >= 0.6 is 0 Å². The summed E-state index contributed by atoms with van der Waals surface area (Å²) in [6.07, 6.45) is 0.269. The Morgan fingerprint density at radius 1 is 1.07 bits per heavy atom. The lowest BCUT2D eigenvalue weighted by Gasteiger charge is -2.08. The Hall–Kier alpha value is -1.84. The number of carbonyl (C=O) groups is 2. The number of nitrogens with two attached hydrogens (primary N) is 2. The Kier molecular flexibility index (Phi) is 3.23. The summed E-state index contributed by atoms with van der Waals surface area (Å²) < 4.78 is 0. The van der Waals surface area contributed by atoms with Gasteiger partial charge in [-0.2, -0.15) is 0 Å². The Balaban J connectivity index is 2.75. The fourth-order valence-electron chi connectivity index (χ4n) is 1.19. The first-order chi connectivity index (χ1) is 6.61. The molecular formula is C10H12N2O2. The molecule has 1 aromatic carbocycles. The van der Waals surface area contributed by atoms with Crippen molar-refractivity contribution < 1.29 is 9.59 Å². The van der Waals surface area contributed by atoms with E-state index in [1.165, 1.54) is 0 Å². The molecule has 74 valence electrons. The molecule has 1 rings (SSSR count). The van der Waals surface area contributed by atoms with Crippen molar-refractivity contribution >= 4 is 11.8 Å². The van der Waals surface area contributed by atoms with Crippen LogP contribution in [-0.4, -0.2) is 11.8 Å². The van der Waals surface area contributed by atoms with Crippen molar-refractivity contribution in [3.63, 3.8) is 0 Å². The van der Waals surface area contributed by atoms with E-state index in [9.17, 15) is 9.59 Å².